The van der Waals surface area contributed by atoms with Gasteiger partial charge >= 0.3 is 0 Å². The van der Waals surface area contributed by atoms with Crippen LogP contribution in [0.4, 0.5) is 0 Å². The maximum absolute atomic E-state index is 12.5. The van der Waals surface area contributed by atoms with Crippen LogP contribution in [-0.4, -0.2) is 58.5 Å². The first-order valence-electron chi connectivity index (χ1n) is 8.09. The molecule has 0 bridgehead atoms. The number of benzene rings is 1. The van der Waals surface area contributed by atoms with Crippen LogP contribution in [0.5, 0.6) is 5.75 Å². The monoisotopic (exact) mass is 346 g/mol. The van der Waals surface area contributed by atoms with Crippen molar-refractivity contribution in [2.24, 2.45) is 5.73 Å². The fraction of sp³-hybridized carbons (Fsp3) is 0.412. The quantitative estimate of drug-likeness (QED) is 0.853. The second kappa shape index (κ2) is 7.74. The molecule has 24 heavy (non-hydrogen) atoms. The summed E-state index contributed by atoms with van der Waals surface area (Å²) >= 11 is 1.50. The number of carbonyl (C=O) groups excluding carboxylic acids is 1. The summed E-state index contributed by atoms with van der Waals surface area (Å²) in [6.07, 6.45) is 0.718. The Kier molecular flexibility index (Phi) is 5.44. The first kappa shape index (κ1) is 16.9. The lowest BCUT2D eigenvalue weighted by molar-refractivity contribution is 0.0623. The zero-order valence-electron chi connectivity index (χ0n) is 13.5. The number of aromatic hydroxyl groups is 1. The van der Waals surface area contributed by atoms with Gasteiger partial charge in [0.15, 0.2) is 0 Å². The standard InChI is InChI=1S/C17H22N4O2S/c18-5-4-16-19-15(12-24-16)17(23)21-8-6-20(7-9-21)11-13-2-1-3-14(22)10-13/h1-3,10,12,22H,4-9,11,18H2. The summed E-state index contributed by atoms with van der Waals surface area (Å²) in [4.78, 5) is 21.0. The van der Waals surface area contributed by atoms with Crippen molar-refractivity contribution in [2.45, 2.75) is 13.0 Å². The number of nitrogens with two attached hydrogens (primary N) is 1. The van der Waals surface area contributed by atoms with Crippen molar-refractivity contribution in [3.63, 3.8) is 0 Å². The lowest BCUT2D eigenvalue weighted by Gasteiger charge is -2.34. The van der Waals surface area contributed by atoms with Gasteiger partial charge in [-0.3, -0.25) is 9.69 Å². The largest absolute Gasteiger partial charge is 0.508 e. The van der Waals surface area contributed by atoms with E-state index < -0.39 is 0 Å². The molecule has 3 N–H and O–H groups in total. The normalized spacial score (nSPS) is 15.6. The van der Waals surface area contributed by atoms with E-state index in [0.29, 0.717) is 25.3 Å². The van der Waals surface area contributed by atoms with Crippen LogP contribution in [0.25, 0.3) is 0 Å². The molecule has 128 valence electrons. The molecule has 1 fully saturated rings. The van der Waals surface area contributed by atoms with Crippen LogP contribution in [-0.2, 0) is 13.0 Å². The van der Waals surface area contributed by atoms with Gasteiger partial charge in [-0.2, -0.15) is 0 Å². The number of amides is 1. The molecule has 1 aromatic carbocycles. The maximum atomic E-state index is 12.5. The van der Waals surface area contributed by atoms with E-state index in [-0.39, 0.29) is 11.7 Å². The molecule has 1 aliphatic heterocycles. The zero-order chi connectivity index (χ0) is 16.9. The lowest BCUT2D eigenvalue weighted by Crippen LogP contribution is -2.48. The van der Waals surface area contributed by atoms with Gasteiger partial charge in [-0.1, -0.05) is 12.1 Å². The molecule has 1 aromatic heterocycles. The van der Waals surface area contributed by atoms with Crippen molar-refractivity contribution in [2.75, 3.05) is 32.7 Å². The Morgan fingerprint density at radius 2 is 2.08 bits per heavy atom. The average molecular weight is 346 g/mol. The topological polar surface area (TPSA) is 82.7 Å². The highest BCUT2D eigenvalue weighted by atomic mass is 32.1. The smallest absolute Gasteiger partial charge is 0.273 e. The molecule has 2 aromatic rings. The highest BCUT2D eigenvalue weighted by Gasteiger charge is 2.23. The van der Waals surface area contributed by atoms with Crippen molar-refractivity contribution in [1.29, 1.82) is 0 Å². The number of phenolic OH excluding ortho intramolecular Hbond substituents is 1. The highest BCUT2D eigenvalue weighted by molar-refractivity contribution is 7.09. The van der Waals surface area contributed by atoms with Crippen LogP contribution < -0.4 is 5.73 Å². The van der Waals surface area contributed by atoms with E-state index in [1.54, 1.807) is 12.1 Å². The summed E-state index contributed by atoms with van der Waals surface area (Å²) in [6.45, 7) is 4.37. The molecule has 3 rings (SSSR count). The molecule has 1 amide bonds. The maximum Gasteiger partial charge on any atom is 0.273 e. The third-order valence-electron chi connectivity index (χ3n) is 4.11. The molecule has 1 saturated heterocycles. The number of aromatic nitrogens is 1. The van der Waals surface area contributed by atoms with Crippen LogP contribution in [0, 0.1) is 0 Å². The Labute approximate surface area is 145 Å². The highest BCUT2D eigenvalue weighted by Crippen LogP contribution is 2.16. The molecule has 1 aliphatic rings. The zero-order valence-corrected chi connectivity index (χ0v) is 14.3. The van der Waals surface area contributed by atoms with Gasteiger partial charge in [-0.05, 0) is 24.2 Å². The number of hydrogen-bond donors (Lipinski definition) is 2. The summed E-state index contributed by atoms with van der Waals surface area (Å²) in [5, 5.41) is 12.3. The van der Waals surface area contributed by atoms with Gasteiger partial charge in [0, 0.05) is 44.5 Å². The molecule has 6 nitrogen and oxygen atoms in total. The van der Waals surface area contributed by atoms with Gasteiger partial charge in [0.2, 0.25) is 0 Å². The van der Waals surface area contributed by atoms with Crippen molar-refractivity contribution in [1.82, 2.24) is 14.8 Å². The third kappa shape index (κ3) is 4.11. The summed E-state index contributed by atoms with van der Waals surface area (Å²) in [5.74, 6) is 0.296. The summed E-state index contributed by atoms with van der Waals surface area (Å²) in [7, 11) is 0. The molecule has 0 aliphatic carbocycles. The summed E-state index contributed by atoms with van der Waals surface area (Å²) in [5.41, 5.74) is 7.14. The molecule has 0 unspecified atom stereocenters. The van der Waals surface area contributed by atoms with E-state index >= 15 is 0 Å². The molecular formula is C17H22N4O2S. The summed E-state index contributed by atoms with van der Waals surface area (Å²) in [6, 6.07) is 7.32. The average Bonchev–Trinajstić information content (AvgIpc) is 3.04. The third-order valence-corrected chi connectivity index (χ3v) is 5.01. The Hall–Kier alpha value is -1.96. The minimum Gasteiger partial charge on any atom is -0.508 e. The van der Waals surface area contributed by atoms with Gasteiger partial charge in [0.25, 0.3) is 5.91 Å². The molecule has 0 radical (unpaired) electrons. The van der Waals surface area contributed by atoms with E-state index in [2.05, 4.69) is 9.88 Å². The second-order valence-corrected chi connectivity index (χ2v) is 6.85. The fourth-order valence-electron chi connectivity index (χ4n) is 2.83. The Balaban J connectivity index is 1.53. The van der Waals surface area contributed by atoms with Crippen LogP contribution in [0.2, 0.25) is 0 Å². The van der Waals surface area contributed by atoms with Gasteiger partial charge in [0.1, 0.15) is 11.4 Å². The molecule has 0 spiro atoms. The van der Waals surface area contributed by atoms with Gasteiger partial charge in [0.05, 0.1) is 5.01 Å². The molecule has 7 heteroatoms. The van der Waals surface area contributed by atoms with Crippen molar-refractivity contribution < 1.29 is 9.90 Å². The van der Waals surface area contributed by atoms with E-state index in [9.17, 15) is 9.90 Å². The number of piperazine rings is 1. The minimum absolute atomic E-state index is 0.00604. The molecule has 0 saturated carbocycles. The Bertz CT molecular complexity index is 695. The van der Waals surface area contributed by atoms with E-state index in [1.807, 2.05) is 22.4 Å². The van der Waals surface area contributed by atoms with Crippen LogP contribution in [0.15, 0.2) is 29.6 Å². The second-order valence-electron chi connectivity index (χ2n) is 5.90. The van der Waals surface area contributed by atoms with E-state index in [1.165, 1.54) is 11.3 Å². The fourth-order valence-corrected chi connectivity index (χ4v) is 3.62. The summed E-state index contributed by atoms with van der Waals surface area (Å²) < 4.78 is 0. The number of rotatable bonds is 5. The number of hydrogen-bond acceptors (Lipinski definition) is 6. The number of carbonyl (C=O) groups is 1. The van der Waals surface area contributed by atoms with Gasteiger partial charge < -0.3 is 15.7 Å². The molecular weight excluding hydrogens is 324 g/mol. The van der Waals surface area contributed by atoms with Gasteiger partial charge in [-0.15, -0.1) is 11.3 Å². The SMILES string of the molecule is NCCc1nc(C(=O)N2CCN(Cc3cccc(O)c3)CC2)cs1. The van der Waals surface area contributed by atoms with E-state index in [4.69, 9.17) is 5.73 Å². The predicted octanol–water partition coefficient (Wildman–Crippen LogP) is 1.31. The van der Waals surface area contributed by atoms with Crippen LogP contribution in [0.1, 0.15) is 21.1 Å². The lowest BCUT2D eigenvalue weighted by atomic mass is 10.2. The Morgan fingerprint density at radius 1 is 1.29 bits per heavy atom. The van der Waals surface area contributed by atoms with Crippen LogP contribution >= 0.6 is 11.3 Å². The molecule has 2 heterocycles. The minimum atomic E-state index is 0.00604. The molecule has 0 atom stereocenters. The van der Waals surface area contributed by atoms with E-state index in [0.717, 1.165) is 36.6 Å². The van der Waals surface area contributed by atoms with Crippen molar-refractivity contribution in [3.8, 4) is 5.75 Å². The van der Waals surface area contributed by atoms with Crippen LogP contribution in [0.3, 0.4) is 0 Å². The number of thiazole rings is 1. The predicted molar refractivity (Wildman–Crippen MR) is 94.2 cm³/mol. The number of nitrogens with zero attached hydrogens (tertiary/aromatic N) is 3. The van der Waals surface area contributed by atoms with Gasteiger partial charge in [-0.25, -0.2) is 4.98 Å². The number of phenols is 1. The first-order valence-corrected chi connectivity index (χ1v) is 8.97. The Morgan fingerprint density at radius 3 is 2.79 bits per heavy atom. The van der Waals surface area contributed by atoms with Crippen molar-refractivity contribution in [3.05, 3.63) is 45.9 Å². The van der Waals surface area contributed by atoms with Crippen molar-refractivity contribution >= 4 is 17.2 Å². The first-order chi connectivity index (χ1) is 11.7.